The average Bonchev–Trinajstić information content (AvgIpc) is 3.19. The average molecular weight is 874 g/mol. The Morgan fingerprint density at radius 1 is 0.828 bits per heavy atom. The molecule has 5 aromatic carbocycles. The monoisotopic (exact) mass is 873 g/mol. The van der Waals surface area contributed by atoms with Gasteiger partial charge >= 0.3 is 5.51 Å². The van der Waals surface area contributed by atoms with Crippen LogP contribution >= 0.6 is 23.4 Å². The summed E-state index contributed by atoms with van der Waals surface area (Å²) in [4.78, 5) is 13.7. The summed E-state index contributed by atoms with van der Waals surface area (Å²) >= 11 is 7.48. The van der Waals surface area contributed by atoms with Crippen LogP contribution in [-0.4, -0.2) is 78.7 Å². The van der Waals surface area contributed by atoms with Crippen LogP contribution in [0.4, 0.5) is 24.5 Å². The zero-order valence-electron chi connectivity index (χ0n) is 31.6. The minimum Gasteiger partial charge on any atom is -0.384 e. The van der Waals surface area contributed by atoms with Gasteiger partial charge in [0, 0.05) is 52.6 Å². The molecule has 0 radical (unpaired) electrons. The number of benzene rings is 5. The lowest BCUT2D eigenvalue weighted by atomic mass is 10.00. The van der Waals surface area contributed by atoms with Crippen molar-refractivity contribution in [3.8, 4) is 11.1 Å². The van der Waals surface area contributed by atoms with E-state index < -0.39 is 52.8 Å². The van der Waals surface area contributed by atoms with Gasteiger partial charge in [-0.25, -0.2) is 21.6 Å². The van der Waals surface area contributed by atoms with Crippen LogP contribution in [-0.2, 0) is 26.4 Å². The molecular formula is C41H43ClF3N5O5S3. The van der Waals surface area contributed by atoms with Gasteiger partial charge in [0.25, 0.3) is 25.8 Å². The van der Waals surface area contributed by atoms with Crippen molar-refractivity contribution in [2.24, 2.45) is 0 Å². The molecule has 308 valence electrons. The number of sulfone groups is 1. The molecule has 58 heavy (non-hydrogen) atoms. The van der Waals surface area contributed by atoms with Crippen LogP contribution in [0.5, 0.6) is 0 Å². The van der Waals surface area contributed by atoms with E-state index in [1.807, 2.05) is 103 Å². The van der Waals surface area contributed by atoms with Gasteiger partial charge in [0.1, 0.15) is 4.90 Å². The number of carbonyl (C=O) groups is 1. The fourth-order valence-corrected chi connectivity index (χ4v) is 8.91. The Labute approximate surface area is 346 Å². The minimum atomic E-state index is -6.03. The zero-order chi connectivity index (χ0) is 41.9. The van der Waals surface area contributed by atoms with E-state index in [2.05, 4.69) is 16.0 Å². The van der Waals surface area contributed by atoms with Gasteiger partial charge in [0.15, 0.2) is 0 Å². The third kappa shape index (κ3) is 12.2. The highest BCUT2D eigenvalue weighted by Gasteiger charge is 2.48. The van der Waals surface area contributed by atoms with Crippen molar-refractivity contribution in [2.75, 3.05) is 50.1 Å². The molecule has 0 aromatic heterocycles. The lowest BCUT2D eigenvalue weighted by Crippen LogP contribution is -2.32. The molecule has 1 atom stereocenters. The number of hydrogen-bond acceptors (Lipinski definition) is 10. The largest absolute Gasteiger partial charge is 0.501 e. The summed E-state index contributed by atoms with van der Waals surface area (Å²) in [6.45, 7) is 2.27. The second-order valence-corrected chi connectivity index (χ2v) is 18.6. The van der Waals surface area contributed by atoms with Crippen LogP contribution in [0.1, 0.15) is 22.3 Å². The molecule has 0 saturated carbocycles. The van der Waals surface area contributed by atoms with E-state index in [9.17, 15) is 34.8 Å². The Morgan fingerprint density at radius 2 is 1.50 bits per heavy atom. The summed E-state index contributed by atoms with van der Waals surface area (Å²) in [6, 6.07) is 32.7. The Kier molecular flexibility index (Phi) is 15.3. The number of sulfonamides is 1. The third-order valence-electron chi connectivity index (χ3n) is 8.83. The van der Waals surface area contributed by atoms with Crippen LogP contribution in [0.15, 0.2) is 136 Å². The Balaban J connectivity index is 1.23. The number of rotatable bonds is 19. The molecule has 4 N–H and O–H groups in total. The van der Waals surface area contributed by atoms with E-state index in [4.69, 9.17) is 11.6 Å². The van der Waals surface area contributed by atoms with Gasteiger partial charge in [-0.15, -0.1) is 11.8 Å². The summed E-state index contributed by atoms with van der Waals surface area (Å²) in [7, 11) is -7.21. The summed E-state index contributed by atoms with van der Waals surface area (Å²) in [5, 5.41) is 10.2. The van der Waals surface area contributed by atoms with Gasteiger partial charge in [-0.2, -0.15) is 13.2 Å². The van der Waals surface area contributed by atoms with Gasteiger partial charge in [0.05, 0.1) is 10.6 Å². The smallest absolute Gasteiger partial charge is 0.384 e. The maximum Gasteiger partial charge on any atom is 0.501 e. The summed E-state index contributed by atoms with van der Waals surface area (Å²) in [5.74, 6) is -0.692. The first-order chi connectivity index (χ1) is 27.5. The molecule has 5 rings (SSSR count). The molecule has 0 heterocycles. The fraction of sp³-hybridized carbons (Fsp3) is 0.244. The molecule has 0 unspecified atom stereocenters. The summed E-state index contributed by atoms with van der Waals surface area (Å²) < 4.78 is 96.1. The minimum absolute atomic E-state index is 0.0490. The van der Waals surface area contributed by atoms with Gasteiger partial charge in [-0.05, 0) is 110 Å². The van der Waals surface area contributed by atoms with Gasteiger partial charge in [-0.1, -0.05) is 66.2 Å². The van der Waals surface area contributed by atoms with Crippen LogP contribution in [0.2, 0.25) is 5.02 Å². The predicted octanol–water partition coefficient (Wildman–Crippen LogP) is 8.15. The van der Waals surface area contributed by atoms with Crippen molar-refractivity contribution in [3.63, 3.8) is 0 Å². The highest BCUT2D eigenvalue weighted by molar-refractivity contribution is 7.99. The molecular weight excluding hydrogens is 831 g/mol. The lowest BCUT2D eigenvalue weighted by Gasteiger charge is -2.24. The van der Waals surface area contributed by atoms with Crippen molar-refractivity contribution in [3.05, 3.63) is 137 Å². The number of halogens is 4. The number of thioether (sulfide) groups is 1. The molecule has 17 heteroatoms. The van der Waals surface area contributed by atoms with Crippen LogP contribution < -0.4 is 20.7 Å². The van der Waals surface area contributed by atoms with E-state index in [-0.39, 0.29) is 5.56 Å². The van der Waals surface area contributed by atoms with Crippen LogP contribution in [0.25, 0.3) is 11.1 Å². The van der Waals surface area contributed by atoms with Gasteiger partial charge in [0.2, 0.25) is 0 Å². The van der Waals surface area contributed by atoms with Crippen molar-refractivity contribution in [1.82, 2.24) is 14.9 Å². The molecule has 10 nitrogen and oxygen atoms in total. The number of nitrogens with one attached hydrogen (secondary N) is 4. The van der Waals surface area contributed by atoms with E-state index in [0.29, 0.717) is 55.1 Å². The highest BCUT2D eigenvalue weighted by atomic mass is 35.5. The molecule has 0 aliphatic carbocycles. The molecule has 0 spiro atoms. The number of carbonyl (C=O) groups excluding carboxylic acids is 1. The molecule has 0 bridgehead atoms. The Morgan fingerprint density at radius 3 is 2.17 bits per heavy atom. The first-order valence-corrected chi connectivity index (χ1v) is 22.4. The Hall–Kier alpha value is -4.58. The fourth-order valence-electron chi connectivity index (χ4n) is 5.76. The number of amides is 1. The number of nitrogens with zero attached hydrogens (tertiary/aromatic N) is 1. The van der Waals surface area contributed by atoms with E-state index in [0.717, 1.165) is 33.7 Å². The second kappa shape index (κ2) is 19.9. The molecule has 0 saturated heterocycles. The standard InChI is InChI=1S/C41H43ClF3N5O5S3/c1-50(2)25-22-34(28-56-35-9-4-3-5-10-35)48-38-21-20-36(26-39(38)57(52,53)41(43,44)45)58(54,55)49-40(51)30-14-18-33(19-15-30)47-24-23-46-27-31-8-6-7-11-37(31)29-12-16-32(42)17-13-29/h3-21,26,34,46-48H,22-25,27-28H2,1-2H3,(H,49,51)/t34-/m1/s1. The van der Waals surface area contributed by atoms with Crippen molar-refractivity contribution in [1.29, 1.82) is 0 Å². The number of hydrogen-bond donors (Lipinski definition) is 4. The van der Waals surface area contributed by atoms with Gasteiger partial charge in [-0.3, -0.25) is 4.79 Å². The van der Waals surface area contributed by atoms with E-state index in [1.54, 1.807) is 12.1 Å². The summed E-state index contributed by atoms with van der Waals surface area (Å²) in [6.07, 6.45) is 0.431. The molecule has 5 aromatic rings. The van der Waals surface area contributed by atoms with Crippen molar-refractivity contribution in [2.45, 2.75) is 39.2 Å². The topological polar surface area (TPSA) is 137 Å². The van der Waals surface area contributed by atoms with E-state index >= 15 is 0 Å². The second-order valence-electron chi connectivity index (χ2n) is 13.4. The number of anilines is 2. The molecule has 0 aliphatic rings. The van der Waals surface area contributed by atoms with Crippen molar-refractivity contribution < 1.29 is 34.8 Å². The quantitative estimate of drug-likeness (QED) is 0.0476. The highest BCUT2D eigenvalue weighted by Crippen LogP contribution is 2.37. The first-order valence-electron chi connectivity index (χ1n) is 18.0. The van der Waals surface area contributed by atoms with Crippen LogP contribution in [0.3, 0.4) is 0 Å². The predicted molar refractivity (Wildman–Crippen MR) is 226 cm³/mol. The molecule has 0 fully saturated rings. The number of alkyl halides is 3. The summed E-state index contributed by atoms with van der Waals surface area (Å²) in [5.41, 5.74) is -2.30. The van der Waals surface area contributed by atoms with Crippen LogP contribution in [0, 0.1) is 0 Å². The molecule has 0 aliphatic heterocycles. The first kappa shape index (κ1) is 44.5. The van der Waals surface area contributed by atoms with E-state index in [1.165, 1.54) is 23.9 Å². The normalized spacial score (nSPS) is 12.6. The zero-order valence-corrected chi connectivity index (χ0v) is 34.8. The SMILES string of the molecule is CN(C)CC[C@H](CSc1ccccc1)Nc1ccc(S(=O)(=O)NC(=O)c2ccc(NCCNCc3ccccc3-c3ccc(Cl)cc3)cc2)cc1S(=O)(=O)C(F)(F)F. The maximum atomic E-state index is 14.0. The molecule has 1 amide bonds. The maximum absolute atomic E-state index is 14.0. The Bertz CT molecular complexity index is 2370. The third-order valence-corrected chi connectivity index (χ3v) is 13.1. The lowest BCUT2D eigenvalue weighted by molar-refractivity contribution is -0.0435. The van der Waals surface area contributed by atoms with Crippen molar-refractivity contribution >= 4 is 60.5 Å². The van der Waals surface area contributed by atoms with Gasteiger partial charge < -0.3 is 20.9 Å².